The van der Waals surface area contributed by atoms with Crippen LogP contribution < -0.4 is 4.74 Å². The third kappa shape index (κ3) is 4.52. The molecule has 1 aromatic carbocycles. The van der Waals surface area contributed by atoms with Crippen LogP contribution in [0, 0.1) is 0 Å². The summed E-state index contributed by atoms with van der Waals surface area (Å²) in [6.07, 6.45) is 0.730. The molecule has 1 amide bonds. The second-order valence-electron chi connectivity index (χ2n) is 7.13. The molecular formula is C22H26N2O4S. The summed E-state index contributed by atoms with van der Waals surface area (Å²) >= 11 is 1.30. The van der Waals surface area contributed by atoms with Gasteiger partial charge in [-0.25, -0.2) is 0 Å². The Hall–Kier alpha value is -2.64. The molecule has 1 aliphatic heterocycles. The third-order valence-electron chi connectivity index (χ3n) is 4.78. The minimum Gasteiger partial charge on any atom is -0.503 e. The van der Waals surface area contributed by atoms with E-state index in [2.05, 4.69) is 0 Å². The predicted molar refractivity (Wildman–Crippen MR) is 114 cm³/mol. The Morgan fingerprint density at radius 3 is 2.72 bits per heavy atom. The topological polar surface area (TPSA) is 70.1 Å². The van der Waals surface area contributed by atoms with Gasteiger partial charge >= 0.3 is 0 Å². The number of nitrogens with zero attached hydrogens (tertiary/aromatic N) is 2. The minimum atomic E-state index is -0.639. The van der Waals surface area contributed by atoms with Gasteiger partial charge in [-0.2, -0.15) is 0 Å². The van der Waals surface area contributed by atoms with Crippen molar-refractivity contribution in [1.29, 1.82) is 0 Å². The highest BCUT2D eigenvalue weighted by Crippen LogP contribution is 2.40. The maximum Gasteiger partial charge on any atom is 0.290 e. The molecule has 0 saturated carbocycles. The quantitative estimate of drug-likeness (QED) is 0.634. The fraction of sp³-hybridized carbons (Fsp3) is 0.364. The number of aliphatic hydroxyl groups excluding tert-OH is 1. The van der Waals surface area contributed by atoms with Gasteiger partial charge in [-0.15, -0.1) is 11.3 Å². The fourth-order valence-corrected chi connectivity index (χ4v) is 4.18. The van der Waals surface area contributed by atoms with Gasteiger partial charge in [0.25, 0.3) is 5.91 Å². The monoisotopic (exact) mass is 414 g/mol. The van der Waals surface area contributed by atoms with E-state index in [-0.39, 0.29) is 11.4 Å². The van der Waals surface area contributed by atoms with Crippen molar-refractivity contribution >= 4 is 23.0 Å². The lowest BCUT2D eigenvalue weighted by Crippen LogP contribution is -2.33. The molecule has 0 saturated heterocycles. The van der Waals surface area contributed by atoms with E-state index in [0.29, 0.717) is 23.8 Å². The SMILES string of the molecule is CCOc1cccc([C@@H]2C(C(=O)c3cccs3)=C(O)C(=O)N2CCCN(C)C)c1. The van der Waals surface area contributed by atoms with Gasteiger partial charge < -0.3 is 19.6 Å². The molecule has 0 unspecified atom stereocenters. The number of hydrogen-bond acceptors (Lipinski definition) is 6. The van der Waals surface area contributed by atoms with Gasteiger partial charge in [-0.05, 0) is 63.1 Å². The van der Waals surface area contributed by atoms with Gasteiger partial charge in [-0.1, -0.05) is 18.2 Å². The summed E-state index contributed by atoms with van der Waals surface area (Å²) in [5.74, 6) is -0.608. The van der Waals surface area contributed by atoms with Crippen LogP contribution in [0.1, 0.15) is 34.6 Å². The third-order valence-corrected chi connectivity index (χ3v) is 5.65. The summed E-state index contributed by atoms with van der Waals surface area (Å²) in [6, 6.07) is 10.2. The highest BCUT2D eigenvalue weighted by atomic mass is 32.1. The number of benzene rings is 1. The number of Topliss-reactive ketones (excluding diaryl/α,β-unsaturated/α-hetero) is 1. The van der Waals surface area contributed by atoms with E-state index in [1.54, 1.807) is 22.4 Å². The number of aliphatic hydroxyl groups is 1. The molecule has 1 atom stereocenters. The van der Waals surface area contributed by atoms with Crippen molar-refractivity contribution in [2.75, 3.05) is 33.8 Å². The van der Waals surface area contributed by atoms with E-state index >= 15 is 0 Å². The molecule has 7 heteroatoms. The number of ether oxygens (including phenoxy) is 1. The van der Waals surface area contributed by atoms with Gasteiger partial charge in [0.15, 0.2) is 5.76 Å². The number of amides is 1. The van der Waals surface area contributed by atoms with Crippen molar-refractivity contribution in [2.45, 2.75) is 19.4 Å². The normalized spacial score (nSPS) is 16.8. The van der Waals surface area contributed by atoms with E-state index in [1.165, 1.54) is 11.3 Å². The van der Waals surface area contributed by atoms with Crippen LogP contribution in [0.5, 0.6) is 5.75 Å². The molecule has 1 aliphatic rings. The lowest BCUT2D eigenvalue weighted by atomic mass is 9.95. The van der Waals surface area contributed by atoms with Crippen LogP contribution in [0.3, 0.4) is 0 Å². The average Bonchev–Trinajstić information content (AvgIpc) is 3.31. The van der Waals surface area contributed by atoms with Crippen LogP contribution >= 0.6 is 11.3 Å². The first kappa shape index (κ1) is 21.1. The molecule has 3 rings (SSSR count). The zero-order chi connectivity index (χ0) is 21.0. The Balaban J connectivity index is 2.01. The second kappa shape index (κ2) is 9.24. The van der Waals surface area contributed by atoms with Crippen molar-refractivity contribution in [3.8, 4) is 5.75 Å². The average molecular weight is 415 g/mol. The van der Waals surface area contributed by atoms with Crippen molar-refractivity contribution in [3.05, 3.63) is 63.6 Å². The number of ketones is 1. The second-order valence-corrected chi connectivity index (χ2v) is 8.08. The smallest absolute Gasteiger partial charge is 0.290 e. The first-order valence-corrected chi connectivity index (χ1v) is 10.5. The lowest BCUT2D eigenvalue weighted by Gasteiger charge is -2.27. The zero-order valence-corrected chi connectivity index (χ0v) is 17.7. The van der Waals surface area contributed by atoms with Crippen molar-refractivity contribution in [1.82, 2.24) is 9.80 Å². The molecule has 154 valence electrons. The molecule has 0 radical (unpaired) electrons. The lowest BCUT2D eigenvalue weighted by molar-refractivity contribution is -0.129. The highest BCUT2D eigenvalue weighted by Gasteiger charge is 2.43. The van der Waals surface area contributed by atoms with Crippen LogP contribution in [0.4, 0.5) is 0 Å². The molecule has 1 aromatic heterocycles. The Bertz CT molecular complexity index is 905. The first-order valence-electron chi connectivity index (χ1n) is 9.63. The Kier molecular flexibility index (Phi) is 6.71. The molecule has 0 fully saturated rings. The van der Waals surface area contributed by atoms with Crippen molar-refractivity contribution in [2.24, 2.45) is 0 Å². The Morgan fingerprint density at radius 1 is 1.28 bits per heavy atom. The Labute approximate surface area is 175 Å². The van der Waals surface area contributed by atoms with Crippen LogP contribution in [0.15, 0.2) is 53.1 Å². The number of carbonyl (C=O) groups excluding carboxylic acids is 2. The van der Waals surface area contributed by atoms with Gasteiger partial charge in [0, 0.05) is 6.54 Å². The van der Waals surface area contributed by atoms with Crippen LogP contribution in [-0.4, -0.2) is 60.4 Å². The van der Waals surface area contributed by atoms with Gasteiger partial charge in [0.2, 0.25) is 5.78 Å². The van der Waals surface area contributed by atoms with E-state index in [0.717, 1.165) is 18.5 Å². The summed E-state index contributed by atoms with van der Waals surface area (Å²) in [4.78, 5) is 30.2. The summed E-state index contributed by atoms with van der Waals surface area (Å²) in [6.45, 7) is 3.65. The maximum atomic E-state index is 13.2. The highest BCUT2D eigenvalue weighted by molar-refractivity contribution is 7.12. The summed E-state index contributed by atoms with van der Waals surface area (Å²) in [5, 5.41) is 12.4. The van der Waals surface area contributed by atoms with Crippen molar-refractivity contribution < 1.29 is 19.4 Å². The predicted octanol–water partition coefficient (Wildman–Crippen LogP) is 3.68. The zero-order valence-electron chi connectivity index (χ0n) is 16.9. The molecule has 0 bridgehead atoms. The van der Waals surface area contributed by atoms with Gasteiger partial charge in [-0.3, -0.25) is 9.59 Å². The minimum absolute atomic E-state index is 0.135. The van der Waals surface area contributed by atoms with Gasteiger partial charge in [0.05, 0.1) is 23.1 Å². The first-order chi connectivity index (χ1) is 13.9. The number of carbonyl (C=O) groups is 2. The molecule has 0 spiro atoms. The summed E-state index contributed by atoms with van der Waals surface area (Å²) < 4.78 is 5.60. The standard InChI is InChI=1S/C22H26N2O4S/c1-4-28-16-9-5-8-15(14-16)19-18(20(25)17-10-6-13-29-17)21(26)22(27)24(19)12-7-11-23(2)3/h5-6,8-10,13-14,19,26H,4,7,11-12H2,1-3H3/t19-/m1/s1. The maximum absolute atomic E-state index is 13.2. The molecule has 29 heavy (non-hydrogen) atoms. The molecular weight excluding hydrogens is 388 g/mol. The van der Waals surface area contributed by atoms with Crippen molar-refractivity contribution in [3.63, 3.8) is 0 Å². The van der Waals surface area contributed by atoms with Crippen LogP contribution in [0.25, 0.3) is 0 Å². The molecule has 2 heterocycles. The van der Waals surface area contributed by atoms with E-state index in [4.69, 9.17) is 4.74 Å². The van der Waals surface area contributed by atoms with Crippen LogP contribution in [-0.2, 0) is 4.79 Å². The largest absolute Gasteiger partial charge is 0.503 e. The summed E-state index contributed by atoms with van der Waals surface area (Å²) in [7, 11) is 3.94. The molecule has 2 aromatic rings. The number of hydrogen-bond donors (Lipinski definition) is 1. The van der Waals surface area contributed by atoms with Gasteiger partial charge in [0.1, 0.15) is 5.75 Å². The van der Waals surface area contributed by atoms with E-state index in [1.807, 2.05) is 50.2 Å². The van der Waals surface area contributed by atoms with Crippen LogP contribution in [0.2, 0.25) is 0 Å². The summed E-state index contributed by atoms with van der Waals surface area (Å²) in [5.41, 5.74) is 0.883. The van der Waals surface area contributed by atoms with E-state index in [9.17, 15) is 14.7 Å². The number of thiophene rings is 1. The van der Waals surface area contributed by atoms with E-state index < -0.39 is 17.7 Å². The fourth-order valence-electron chi connectivity index (χ4n) is 3.50. The number of rotatable bonds is 9. The Morgan fingerprint density at radius 2 is 2.07 bits per heavy atom. The molecule has 1 N–H and O–H groups in total. The molecule has 0 aliphatic carbocycles. The molecule has 6 nitrogen and oxygen atoms in total.